The van der Waals surface area contributed by atoms with Gasteiger partial charge in [0.1, 0.15) is 5.82 Å². The van der Waals surface area contributed by atoms with Gasteiger partial charge in [-0.1, -0.05) is 40.9 Å². The maximum absolute atomic E-state index is 13.0. The molecule has 0 radical (unpaired) electrons. The third-order valence-electron chi connectivity index (χ3n) is 2.83. The molecule has 6 heteroatoms. The van der Waals surface area contributed by atoms with Crippen LogP contribution in [0.3, 0.4) is 0 Å². The third kappa shape index (κ3) is 4.01. The van der Waals surface area contributed by atoms with Gasteiger partial charge in [0, 0.05) is 17.3 Å². The first-order chi connectivity index (χ1) is 10.4. The summed E-state index contributed by atoms with van der Waals surface area (Å²) < 4.78 is 13.0. The molecule has 0 spiro atoms. The van der Waals surface area contributed by atoms with Crippen LogP contribution in [0.25, 0.3) is 0 Å². The predicted molar refractivity (Wildman–Crippen MR) is 89.6 cm³/mol. The Kier molecular flexibility index (Phi) is 5.46. The Hall–Kier alpha value is -1.55. The molecule has 2 rings (SSSR count). The normalized spacial score (nSPS) is 11.4. The Morgan fingerprint density at radius 1 is 1.09 bits per heavy atom. The summed E-state index contributed by atoms with van der Waals surface area (Å²) in [4.78, 5) is 12.2. The fourth-order valence-electron chi connectivity index (χ4n) is 1.81. The zero-order valence-electron chi connectivity index (χ0n) is 11.5. The van der Waals surface area contributed by atoms with Gasteiger partial charge in [-0.2, -0.15) is 0 Å². The van der Waals surface area contributed by atoms with Crippen LogP contribution < -0.4 is 5.32 Å². The summed E-state index contributed by atoms with van der Waals surface area (Å²) in [5.74, 6) is -0.846. The van der Waals surface area contributed by atoms with Crippen LogP contribution in [0.5, 0.6) is 0 Å². The van der Waals surface area contributed by atoms with Crippen LogP contribution in [0.15, 0.2) is 48.2 Å². The quantitative estimate of drug-likeness (QED) is 0.537. The van der Waals surface area contributed by atoms with Crippen molar-refractivity contribution in [2.24, 2.45) is 0 Å². The number of benzene rings is 2. The summed E-state index contributed by atoms with van der Waals surface area (Å²) >= 11 is 18.0. The van der Waals surface area contributed by atoms with E-state index in [0.29, 0.717) is 21.4 Å². The first-order valence-electron chi connectivity index (χ1n) is 6.27. The molecule has 0 aromatic heterocycles. The molecule has 2 aromatic rings. The number of anilines is 1. The van der Waals surface area contributed by atoms with Crippen molar-refractivity contribution in [2.45, 2.75) is 6.92 Å². The summed E-state index contributed by atoms with van der Waals surface area (Å²) in [7, 11) is 0. The Bertz CT molecular complexity index is 739. The SMILES string of the molecule is CC(=CC(=O)c1ccc(F)cc1Cl)Nc1c(Cl)cccc1Cl. The molecular weight excluding hydrogens is 348 g/mol. The van der Waals surface area contributed by atoms with E-state index >= 15 is 0 Å². The molecule has 0 aliphatic carbocycles. The zero-order chi connectivity index (χ0) is 16.3. The second-order valence-corrected chi connectivity index (χ2v) is 5.76. The van der Waals surface area contributed by atoms with Crippen molar-refractivity contribution < 1.29 is 9.18 Å². The Morgan fingerprint density at radius 3 is 2.32 bits per heavy atom. The topological polar surface area (TPSA) is 29.1 Å². The standard InChI is InChI=1S/C16H11Cl3FNO/c1-9(21-16-12(17)3-2-4-13(16)18)7-15(22)11-6-5-10(20)8-14(11)19/h2-8,21H,1H3. The van der Waals surface area contributed by atoms with Gasteiger partial charge >= 0.3 is 0 Å². The van der Waals surface area contributed by atoms with E-state index < -0.39 is 5.82 Å². The number of carbonyl (C=O) groups is 1. The number of hydrogen-bond donors (Lipinski definition) is 1. The lowest BCUT2D eigenvalue weighted by molar-refractivity contribution is 0.104. The lowest BCUT2D eigenvalue weighted by Gasteiger charge is -2.10. The van der Waals surface area contributed by atoms with Crippen molar-refractivity contribution in [3.05, 3.63) is 74.6 Å². The molecule has 0 aliphatic rings. The number of para-hydroxylation sites is 1. The van der Waals surface area contributed by atoms with Crippen LogP contribution in [0.4, 0.5) is 10.1 Å². The summed E-state index contributed by atoms with van der Waals surface area (Å²) in [6, 6.07) is 8.70. The summed E-state index contributed by atoms with van der Waals surface area (Å²) in [5, 5.41) is 3.90. The van der Waals surface area contributed by atoms with E-state index in [4.69, 9.17) is 34.8 Å². The molecule has 0 heterocycles. The number of nitrogens with one attached hydrogen (secondary N) is 1. The summed E-state index contributed by atoms with van der Waals surface area (Å²) in [6.45, 7) is 1.69. The molecule has 2 nitrogen and oxygen atoms in total. The van der Waals surface area contributed by atoms with Crippen molar-refractivity contribution in [3.63, 3.8) is 0 Å². The lowest BCUT2D eigenvalue weighted by atomic mass is 10.1. The van der Waals surface area contributed by atoms with Gasteiger partial charge in [-0.25, -0.2) is 4.39 Å². The highest BCUT2D eigenvalue weighted by atomic mass is 35.5. The van der Waals surface area contributed by atoms with Crippen LogP contribution in [-0.2, 0) is 0 Å². The van der Waals surface area contributed by atoms with Gasteiger partial charge in [0.05, 0.1) is 20.8 Å². The van der Waals surface area contributed by atoms with E-state index in [1.54, 1.807) is 25.1 Å². The maximum atomic E-state index is 13.0. The third-order valence-corrected chi connectivity index (χ3v) is 3.77. The van der Waals surface area contributed by atoms with E-state index in [0.717, 1.165) is 6.07 Å². The van der Waals surface area contributed by atoms with Crippen molar-refractivity contribution in [1.82, 2.24) is 0 Å². The average Bonchev–Trinajstić information content (AvgIpc) is 2.42. The van der Waals surface area contributed by atoms with Crippen molar-refractivity contribution in [2.75, 3.05) is 5.32 Å². The molecule has 0 fully saturated rings. The minimum absolute atomic E-state index is 0.0600. The lowest BCUT2D eigenvalue weighted by Crippen LogP contribution is -2.03. The molecule has 0 saturated heterocycles. The van der Waals surface area contributed by atoms with Crippen LogP contribution >= 0.6 is 34.8 Å². The van der Waals surface area contributed by atoms with Crippen LogP contribution in [0.2, 0.25) is 15.1 Å². The number of halogens is 4. The average molecular weight is 359 g/mol. The molecule has 0 bridgehead atoms. The second-order valence-electron chi connectivity index (χ2n) is 4.54. The number of ketones is 1. The van der Waals surface area contributed by atoms with Gasteiger partial charge in [-0.05, 0) is 37.3 Å². The van der Waals surface area contributed by atoms with Gasteiger partial charge < -0.3 is 5.32 Å². The van der Waals surface area contributed by atoms with Crippen LogP contribution in [0.1, 0.15) is 17.3 Å². The molecule has 0 unspecified atom stereocenters. The molecule has 0 atom stereocenters. The molecule has 114 valence electrons. The largest absolute Gasteiger partial charge is 0.357 e. The smallest absolute Gasteiger partial charge is 0.189 e. The molecule has 0 saturated carbocycles. The number of allylic oxidation sites excluding steroid dienone is 2. The molecule has 0 aliphatic heterocycles. The summed E-state index contributed by atoms with van der Waals surface area (Å²) in [5.41, 5.74) is 1.26. The van der Waals surface area contributed by atoms with Gasteiger partial charge in [0.15, 0.2) is 5.78 Å². The minimum atomic E-state index is -0.497. The van der Waals surface area contributed by atoms with E-state index in [1.807, 2.05) is 0 Å². The molecule has 0 amide bonds. The second kappa shape index (κ2) is 7.14. The first kappa shape index (κ1) is 16.8. The molecule has 2 aromatic carbocycles. The monoisotopic (exact) mass is 357 g/mol. The van der Waals surface area contributed by atoms with E-state index in [2.05, 4.69) is 5.32 Å². The highest BCUT2D eigenvalue weighted by Crippen LogP contribution is 2.31. The Balaban J connectivity index is 2.23. The Labute approximate surface area is 142 Å². The van der Waals surface area contributed by atoms with Gasteiger partial charge in [0.25, 0.3) is 0 Å². The number of hydrogen-bond acceptors (Lipinski definition) is 2. The van der Waals surface area contributed by atoms with Gasteiger partial charge in [-0.3, -0.25) is 4.79 Å². The van der Waals surface area contributed by atoms with Crippen molar-refractivity contribution >= 4 is 46.3 Å². The zero-order valence-corrected chi connectivity index (χ0v) is 13.7. The van der Waals surface area contributed by atoms with Gasteiger partial charge in [0.2, 0.25) is 0 Å². The summed E-state index contributed by atoms with van der Waals surface area (Å²) in [6.07, 6.45) is 1.35. The number of rotatable bonds is 4. The molecule has 1 N–H and O–H groups in total. The fourth-order valence-corrected chi connectivity index (χ4v) is 2.57. The maximum Gasteiger partial charge on any atom is 0.189 e. The number of carbonyl (C=O) groups excluding carboxylic acids is 1. The van der Waals surface area contributed by atoms with Crippen molar-refractivity contribution in [1.29, 1.82) is 0 Å². The minimum Gasteiger partial charge on any atom is -0.357 e. The fraction of sp³-hybridized carbons (Fsp3) is 0.0625. The van der Waals surface area contributed by atoms with Crippen LogP contribution in [0, 0.1) is 5.82 Å². The first-order valence-corrected chi connectivity index (χ1v) is 7.40. The van der Waals surface area contributed by atoms with Crippen LogP contribution in [-0.4, -0.2) is 5.78 Å². The van der Waals surface area contributed by atoms with Gasteiger partial charge in [-0.15, -0.1) is 0 Å². The highest BCUT2D eigenvalue weighted by Gasteiger charge is 2.10. The van der Waals surface area contributed by atoms with E-state index in [9.17, 15) is 9.18 Å². The Morgan fingerprint density at radius 2 is 1.73 bits per heavy atom. The van der Waals surface area contributed by atoms with E-state index in [1.165, 1.54) is 18.2 Å². The predicted octanol–water partition coefficient (Wildman–Crippen LogP) is 5.98. The molecular formula is C16H11Cl3FNO. The van der Waals surface area contributed by atoms with E-state index in [-0.39, 0.29) is 16.4 Å². The highest BCUT2D eigenvalue weighted by molar-refractivity contribution is 6.39. The van der Waals surface area contributed by atoms with Crippen molar-refractivity contribution in [3.8, 4) is 0 Å². The molecule has 22 heavy (non-hydrogen) atoms.